The third-order valence-electron chi connectivity index (χ3n) is 2.40. The number of hydrogen-bond donors (Lipinski definition) is 1. The number of phenolic OH excluding ortho intramolecular Hbond substituents is 1. The van der Waals surface area contributed by atoms with Gasteiger partial charge in [0.15, 0.2) is 0 Å². The highest BCUT2D eigenvalue weighted by molar-refractivity contribution is 14.1. The predicted octanol–water partition coefficient (Wildman–Crippen LogP) is 2.48. The summed E-state index contributed by atoms with van der Waals surface area (Å²) in [6.45, 7) is 1.64. The van der Waals surface area contributed by atoms with Crippen LogP contribution in [-0.2, 0) is 4.74 Å². The molecule has 0 bridgehead atoms. The fourth-order valence-electron chi connectivity index (χ4n) is 1.45. The highest BCUT2D eigenvalue weighted by atomic mass is 127. The van der Waals surface area contributed by atoms with Gasteiger partial charge in [-0.25, -0.2) is 0 Å². The molecule has 1 amide bonds. The summed E-state index contributed by atoms with van der Waals surface area (Å²) in [6, 6.07) is 4.95. The maximum atomic E-state index is 12.2. The quantitative estimate of drug-likeness (QED) is 0.560. The first-order valence-corrected chi connectivity index (χ1v) is 7.63. The van der Waals surface area contributed by atoms with Crippen molar-refractivity contribution in [1.82, 2.24) is 4.90 Å². The Labute approximate surface area is 129 Å². The van der Waals surface area contributed by atoms with Crippen LogP contribution < -0.4 is 0 Å². The third kappa shape index (κ3) is 4.40. The highest BCUT2D eigenvalue weighted by Crippen LogP contribution is 2.21. The Morgan fingerprint density at radius 2 is 2.22 bits per heavy atom. The third-order valence-corrected chi connectivity index (χ3v) is 3.67. The van der Waals surface area contributed by atoms with Gasteiger partial charge in [0, 0.05) is 31.1 Å². The van der Waals surface area contributed by atoms with E-state index < -0.39 is 0 Å². The molecule has 4 nitrogen and oxygen atoms in total. The largest absolute Gasteiger partial charge is 0.507 e. The molecule has 0 fully saturated rings. The van der Waals surface area contributed by atoms with Gasteiger partial charge >= 0.3 is 0 Å². The monoisotopic (exact) mass is 427 g/mol. The molecule has 0 atom stereocenters. The average molecular weight is 428 g/mol. The Morgan fingerprint density at radius 1 is 1.50 bits per heavy atom. The van der Waals surface area contributed by atoms with Crippen molar-refractivity contribution < 1.29 is 14.6 Å². The molecule has 0 aromatic heterocycles. The van der Waals surface area contributed by atoms with Gasteiger partial charge < -0.3 is 14.7 Å². The minimum absolute atomic E-state index is 0.0989. The smallest absolute Gasteiger partial charge is 0.254 e. The first-order valence-electron chi connectivity index (χ1n) is 5.42. The van der Waals surface area contributed by atoms with Crippen molar-refractivity contribution in [3.05, 3.63) is 27.3 Å². The molecule has 0 unspecified atom stereocenters. The second kappa shape index (κ2) is 7.96. The number of rotatable bonds is 6. The average Bonchev–Trinajstić information content (AvgIpc) is 2.37. The van der Waals surface area contributed by atoms with Gasteiger partial charge in [-0.05, 0) is 40.8 Å². The standard InChI is InChI=1S/C12H15BrINO3/c1-18-7-6-15(5-4-13)12(17)9-2-3-10(14)11(16)8-9/h2-3,8,16H,4-7H2,1H3. The number of ether oxygens (including phenoxy) is 1. The first kappa shape index (κ1) is 15.7. The lowest BCUT2D eigenvalue weighted by Crippen LogP contribution is -2.35. The zero-order valence-electron chi connectivity index (χ0n) is 10.0. The fourth-order valence-corrected chi connectivity index (χ4v) is 2.21. The van der Waals surface area contributed by atoms with Crippen molar-refractivity contribution in [2.45, 2.75) is 0 Å². The van der Waals surface area contributed by atoms with Crippen molar-refractivity contribution in [2.24, 2.45) is 0 Å². The normalized spacial score (nSPS) is 10.4. The van der Waals surface area contributed by atoms with Crippen LogP contribution in [0.25, 0.3) is 0 Å². The number of alkyl halides is 1. The van der Waals surface area contributed by atoms with Crippen LogP contribution in [0.4, 0.5) is 0 Å². The molecule has 0 saturated heterocycles. The molecule has 1 rings (SSSR count). The number of nitrogens with zero attached hydrogens (tertiary/aromatic N) is 1. The van der Waals surface area contributed by atoms with Crippen LogP contribution in [0.15, 0.2) is 18.2 Å². The molecule has 0 aliphatic heterocycles. The molecule has 0 radical (unpaired) electrons. The van der Waals surface area contributed by atoms with Gasteiger partial charge in [-0.15, -0.1) is 0 Å². The lowest BCUT2D eigenvalue weighted by molar-refractivity contribution is 0.0708. The van der Waals surface area contributed by atoms with Crippen molar-refractivity contribution in [3.8, 4) is 5.75 Å². The summed E-state index contributed by atoms with van der Waals surface area (Å²) in [6.07, 6.45) is 0. The Bertz CT molecular complexity index is 414. The van der Waals surface area contributed by atoms with Crippen LogP contribution in [0.2, 0.25) is 0 Å². The molecule has 100 valence electrons. The molecule has 0 spiro atoms. The summed E-state index contributed by atoms with van der Waals surface area (Å²) in [5.74, 6) is 0.0326. The molecule has 0 aliphatic carbocycles. The maximum Gasteiger partial charge on any atom is 0.254 e. The summed E-state index contributed by atoms with van der Waals surface area (Å²) in [7, 11) is 1.60. The van der Waals surface area contributed by atoms with E-state index in [0.717, 1.165) is 3.57 Å². The summed E-state index contributed by atoms with van der Waals surface area (Å²) in [4.78, 5) is 13.9. The molecule has 18 heavy (non-hydrogen) atoms. The van der Waals surface area contributed by atoms with Crippen LogP contribution in [0.3, 0.4) is 0 Å². The number of methoxy groups -OCH3 is 1. The molecule has 0 heterocycles. The number of carbonyl (C=O) groups excluding carboxylic acids is 1. The molecular weight excluding hydrogens is 413 g/mol. The highest BCUT2D eigenvalue weighted by Gasteiger charge is 2.16. The number of amides is 1. The Balaban J connectivity index is 2.83. The maximum absolute atomic E-state index is 12.2. The summed E-state index contributed by atoms with van der Waals surface area (Å²) >= 11 is 5.34. The molecule has 1 N–H and O–H groups in total. The SMILES string of the molecule is COCCN(CCBr)C(=O)c1ccc(I)c(O)c1. The number of benzene rings is 1. The summed E-state index contributed by atoms with van der Waals surface area (Å²) < 4.78 is 5.72. The van der Waals surface area contributed by atoms with Crippen LogP contribution >= 0.6 is 38.5 Å². The summed E-state index contributed by atoms with van der Waals surface area (Å²) in [5, 5.41) is 10.3. The Hall–Kier alpha value is -0.340. The van der Waals surface area contributed by atoms with Gasteiger partial charge in [-0.2, -0.15) is 0 Å². The van der Waals surface area contributed by atoms with E-state index in [1.807, 2.05) is 22.6 Å². The van der Waals surface area contributed by atoms with Gasteiger partial charge in [-0.1, -0.05) is 15.9 Å². The predicted molar refractivity (Wildman–Crippen MR) is 82.4 cm³/mol. The molecule has 1 aromatic carbocycles. The minimum Gasteiger partial charge on any atom is -0.507 e. The molecule has 0 aliphatic rings. The Kier molecular flexibility index (Phi) is 6.95. The minimum atomic E-state index is -0.0989. The van der Waals surface area contributed by atoms with Gasteiger partial charge in [-0.3, -0.25) is 4.79 Å². The van der Waals surface area contributed by atoms with E-state index in [4.69, 9.17) is 4.74 Å². The van der Waals surface area contributed by atoms with Gasteiger partial charge in [0.1, 0.15) is 5.75 Å². The number of aromatic hydroxyl groups is 1. The zero-order chi connectivity index (χ0) is 13.5. The van der Waals surface area contributed by atoms with E-state index in [0.29, 0.717) is 30.6 Å². The van der Waals surface area contributed by atoms with E-state index in [2.05, 4.69) is 15.9 Å². The van der Waals surface area contributed by atoms with Crippen molar-refractivity contribution in [1.29, 1.82) is 0 Å². The van der Waals surface area contributed by atoms with Crippen LogP contribution in [0.1, 0.15) is 10.4 Å². The van der Waals surface area contributed by atoms with Crippen LogP contribution in [0.5, 0.6) is 5.75 Å². The van der Waals surface area contributed by atoms with Gasteiger partial charge in [0.2, 0.25) is 0 Å². The van der Waals surface area contributed by atoms with E-state index in [-0.39, 0.29) is 11.7 Å². The van der Waals surface area contributed by atoms with E-state index in [1.165, 1.54) is 6.07 Å². The molecular formula is C12H15BrINO3. The number of carbonyl (C=O) groups is 1. The Morgan fingerprint density at radius 3 is 2.78 bits per heavy atom. The summed E-state index contributed by atoms with van der Waals surface area (Å²) in [5.41, 5.74) is 0.491. The van der Waals surface area contributed by atoms with Crippen molar-refractivity contribution in [2.75, 3.05) is 32.1 Å². The molecule has 0 saturated carbocycles. The fraction of sp³-hybridized carbons (Fsp3) is 0.417. The first-order chi connectivity index (χ1) is 8.60. The topological polar surface area (TPSA) is 49.8 Å². The zero-order valence-corrected chi connectivity index (χ0v) is 13.8. The van der Waals surface area contributed by atoms with Crippen molar-refractivity contribution >= 4 is 44.4 Å². The lowest BCUT2D eigenvalue weighted by Gasteiger charge is -2.21. The second-order valence-corrected chi connectivity index (χ2v) is 5.60. The van der Waals surface area contributed by atoms with E-state index >= 15 is 0 Å². The number of halogens is 2. The lowest BCUT2D eigenvalue weighted by atomic mass is 10.2. The van der Waals surface area contributed by atoms with Gasteiger partial charge in [0.05, 0.1) is 10.2 Å². The number of phenols is 1. The van der Waals surface area contributed by atoms with Crippen molar-refractivity contribution in [3.63, 3.8) is 0 Å². The van der Waals surface area contributed by atoms with Crippen LogP contribution in [-0.4, -0.2) is 48.0 Å². The molecule has 1 aromatic rings. The number of hydrogen-bond acceptors (Lipinski definition) is 3. The second-order valence-electron chi connectivity index (χ2n) is 3.64. The van der Waals surface area contributed by atoms with E-state index in [9.17, 15) is 9.90 Å². The van der Waals surface area contributed by atoms with Gasteiger partial charge in [0.25, 0.3) is 5.91 Å². The van der Waals surface area contributed by atoms with Crippen LogP contribution in [0, 0.1) is 3.57 Å². The molecule has 6 heteroatoms. The van der Waals surface area contributed by atoms with E-state index in [1.54, 1.807) is 24.1 Å².